The second kappa shape index (κ2) is 50.3. The highest BCUT2D eigenvalue weighted by atomic mass is 16.5. The first-order valence-electron chi connectivity index (χ1n) is 27.6. The van der Waals surface area contributed by atoms with Crippen molar-refractivity contribution in [2.45, 2.75) is 315 Å². The molecule has 0 aliphatic heterocycles. The maximum Gasteiger partial charge on any atom is 0.306 e. The molecule has 6 heteroatoms. The largest absolute Gasteiger partial charge is 0.462 e. The number of aliphatic hydroxyl groups is 2. The Bertz CT molecular complexity index is 981. The molecule has 0 aliphatic carbocycles. The van der Waals surface area contributed by atoms with Crippen LogP contribution >= 0.6 is 0 Å². The van der Waals surface area contributed by atoms with E-state index in [1.165, 1.54) is 205 Å². The predicted molar refractivity (Wildman–Crippen MR) is 269 cm³/mol. The van der Waals surface area contributed by atoms with E-state index in [1.54, 1.807) is 0 Å². The molecule has 0 saturated heterocycles. The number of allylic oxidation sites excluding steroid dienone is 4. The van der Waals surface area contributed by atoms with Crippen molar-refractivity contribution in [1.29, 1.82) is 0 Å². The standard InChI is InChI=1S/C56H107NO5/c1-4-7-10-13-16-19-22-25-27-28-31-33-36-39-42-45-48-54(59)53(51-58)57-55(60)50-52(47-44-41-38-35-32-30-26-23-20-17-14-11-8-5-2)62-56(61)49-46-43-40-37-34-29-24-21-18-15-12-9-6-3/h29,34,40,43,52-54,58-59H,4-28,30-33,35-39,41-42,44-51H2,1-3H3,(H,57,60)/b34-29-,43-40+. The molecule has 366 valence electrons. The molecule has 0 bridgehead atoms. The van der Waals surface area contributed by atoms with Crippen LogP contribution in [0.3, 0.4) is 0 Å². The summed E-state index contributed by atoms with van der Waals surface area (Å²) in [6.07, 6.45) is 58.2. The second-order valence-electron chi connectivity index (χ2n) is 19.0. The molecule has 6 nitrogen and oxygen atoms in total. The maximum absolute atomic E-state index is 13.2. The summed E-state index contributed by atoms with van der Waals surface area (Å²) >= 11 is 0. The highest BCUT2D eigenvalue weighted by molar-refractivity contribution is 5.77. The highest BCUT2D eigenvalue weighted by Gasteiger charge is 2.24. The molecule has 0 aromatic heterocycles. The molecule has 3 atom stereocenters. The lowest BCUT2D eigenvalue weighted by molar-refractivity contribution is -0.150. The molecule has 0 heterocycles. The van der Waals surface area contributed by atoms with Gasteiger partial charge in [-0.1, -0.05) is 263 Å². The Morgan fingerprint density at radius 3 is 1.23 bits per heavy atom. The first-order valence-corrected chi connectivity index (χ1v) is 27.6. The zero-order valence-electron chi connectivity index (χ0n) is 41.8. The van der Waals surface area contributed by atoms with Crippen LogP contribution < -0.4 is 5.32 Å². The van der Waals surface area contributed by atoms with Crippen molar-refractivity contribution in [2.24, 2.45) is 0 Å². The number of unbranched alkanes of at least 4 members (excludes halogenated alkanes) is 34. The van der Waals surface area contributed by atoms with Gasteiger partial charge >= 0.3 is 5.97 Å². The Balaban J connectivity index is 4.55. The Labute approximate surface area is 386 Å². The van der Waals surface area contributed by atoms with Gasteiger partial charge in [-0.3, -0.25) is 9.59 Å². The molecule has 0 rings (SSSR count). The number of amides is 1. The van der Waals surface area contributed by atoms with Crippen LogP contribution in [-0.2, 0) is 14.3 Å². The van der Waals surface area contributed by atoms with Crippen molar-refractivity contribution >= 4 is 11.9 Å². The van der Waals surface area contributed by atoms with E-state index in [2.05, 4.69) is 50.4 Å². The van der Waals surface area contributed by atoms with Gasteiger partial charge in [0, 0.05) is 6.42 Å². The average molecular weight is 874 g/mol. The fourth-order valence-corrected chi connectivity index (χ4v) is 8.60. The van der Waals surface area contributed by atoms with Crippen LogP contribution in [0.5, 0.6) is 0 Å². The molecule has 0 aromatic carbocycles. The van der Waals surface area contributed by atoms with Crippen molar-refractivity contribution in [3.8, 4) is 0 Å². The monoisotopic (exact) mass is 874 g/mol. The van der Waals surface area contributed by atoms with Gasteiger partial charge in [-0.05, 0) is 44.9 Å². The minimum atomic E-state index is -0.792. The van der Waals surface area contributed by atoms with E-state index in [-0.39, 0.29) is 24.9 Å². The number of rotatable bonds is 50. The van der Waals surface area contributed by atoms with Gasteiger partial charge in [0.2, 0.25) is 5.91 Å². The minimum absolute atomic E-state index is 0.0612. The van der Waals surface area contributed by atoms with Crippen molar-refractivity contribution in [3.05, 3.63) is 24.3 Å². The van der Waals surface area contributed by atoms with E-state index in [0.29, 0.717) is 25.7 Å². The van der Waals surface area contributed by atoms with Crippen molar-refractivity contribution in [1.82, 2.24) is 5.32 Å². The number of ether oxygens (including phenoxy) is 1. The molecule has 3 unspecified atom stereocenters. The highest BCUT2D eigenvalue weighted by Crippen LogP contribution is 2.18. The lowest BCUT2D eigenvalue weighted by Gasteiger charge is -2.24. The Hall–Kier alpha value is -1.66. The van der Waals surface area contributed by atoms with Crippen LogP contribution in [0.1, 0.15) is 297 Å². The molecular formula is C56H107NO5. The number of aliphatic hydroxyl groups excluding tert-OH is 2. The Morgan fingerprint density at radius 1 is 0.468 bits per heavy atom. The second-order valence-corrected chi connectivity index (χ2v) is 19.0. The van der Waals surface area contributed by atoms with E-state index in [9.17, 15) is 19.8 Å². The number of hydrogen-bond donors (Lipinski definition) is 3. The van der Waals surface area contributed by atoms with Gasteiger partial charge in [0.25, 0.3) is 0 Å². The van der Waals surface area contributed by atoms with E-state index >= 15 is 0 Å². The van der Waals surface area contributed by atoms with Crippen LogP contribution in [0.2, 0.25) is 0 Å². The molecule has 0 radical (unpaired) electrons. The third-order valence-corrected chi connectivity index (χ3v) is 12.8. The third kappa shape index (κ3) is 44.9. The van der Waals surface area contributed by atoms with Gasteiger partial charge in [0.05, 0.1) is 25.2 Å². The summed E-state index contributed by atoms with van der Waals surface area (Å²) in [4.78, 5) is 26.1. The summed E-state index contributed by atoms with van der Waals surface area (Å²) < 4.78 is 5.91. The van der Waals surface area contributed by atoms with Crippen LogP contribution in [-0.4, -0.2) is 46.9 Å². The number of carbonyl (C=O) groups is 2. The van der Waals surface area contributed by atoms with Crippen LogP contribution in [0.4, 0.5) is 0 Å². The summed E-state index contributed by atoms with van der Waals surface area (Å²) in [5.41, 5.74) is 0. The SMILES string of the molecule is CCCCCCCC/C=C\C/C=C/CCC(=O)OC(CCCCCCCCCCCCCCCC)CC(=O)NC(CO)C(O)CCCCCCCCCCCCCCCCCC. The van der Waals surface area contributed by atoms with Crippen molar-refractivity contribution < 1.29 is 24.5 Å². The lowest BCUT2D eigenvalue weighted by Crippen LogP contribution is -2.46. The Kier molecular flexibility index (Phi) is 49.0. The maximum atomic E-state index is 13.2. The molecule has 3 N–H and O–H groups in total. The quantitative estimate of drug-likeness (QED) is 0.0321. The lowest BCUT2D eigenvalue weighted by atomic mass is 10.0. The van der Waals surface area contributed by atoms with Crippen molar-refractivity contribution in [2.75, 3.05) is 6.61 Å². The number of nitrogens with one attached hydrogen (secondary N) is 1. The minimum Gasteiger partial charge on any atom is -0.462 e. The predicted octanol–water partition coefficient (Wildman–Crippen LogP) is 16.7. The zero-order valence-corrected chi connectivity index (χ0v) is 41.8. The van der Waals surface area contributed by atoms with Gasteiger partial charge in [-0.25, -0.2) is 0 Å². The molecule has 0 saturated carbocycles. The van der Waals surface area contributed by atoms with Gasteiger partial charge in [-0.2, -0.15) is 0 Å². The van der Waals surface area contributed by atoms with Crippen molar-refractivity contribution in [3.63, 3.8) is 0 Å². The number of carbonyl (C=O) groups excluding carboxylic acids is 2. The first-order chi connectivity index (χ1) is 30.5. The van der Waals surface area contributed by atoms with E-state index in [0.717, 1.165) is 38.5 Å². The molecule has 0 aromatic rings. The first kappa shape index (κ1) is 60.3. The zero-order chi connectivity index (χ0) is 45.2. The van der Waals surface area contributed by atoms with E-state index in [4.69, 9.17) is 4.74 Å². The molecule has 0 fully saturated rings. The molecule has 0 spiro atoms. The molecule has 62 heavy (non-hydrogen) atoms. The normalized spacial score (nSPS) is 13.3. The van der Waals surface area contributed by atoms with Gasteiger partial charge in [0.1, 0.15) is 6.10 Å². The molecule has 0 aliphatic rings. The van der Waals surface area contributed by atoms with Crippen LogP contribution in [0.25, 0.3) is 0 Å². The summed E-state index contributed by atoms with van der Waals surface area (Å²) in [7, 11) is 0. The number of hydrogen-bond acceptors (Lipinski definition) is 5. The third-order valence-electron chi connectivity index (χ3n) is 12.8. The average Bonchev–Trinajstić information content (AvgIpc) is 3.26. The van der Waals surface area contributed by atoms with Crippen LogP contribution in [0, 0.1) is 0 Å². The smallest absolute Gasteiger partial charge is 0.306 e. The number of esters is 1. The van der Waals surface area contributed by atoms with Gasteiger partial charge in [0.15, 0.2) is 0 Å². The summed E-state index contributed by atoms with van der Waals surface area (Å²) in [6, 6.07) is -0.707. The van der Waals surface area contributed by atoms with Gasteiger partial charge < -0.3 is 20.3 Å². The fraction of sp³-hybridized carbons (Fsp3) is 0.893. The molecular weight excluding hydrogens is 767 g/mol. The fourth-order valence-electron chi connectivity index (χ4n) is 8.60. The van der Waals surface area contributed by atoms with E-state index < -0.39 is 18.2 Å². The Morgan fingerprint density at radius 2 is 0.823 bits per heavy atom. The summed E-state index contributed by atoms with van der Waals surface area (Å²) in [5.74, 6) is -0.537. The van der Waals surface area contributed by atoms with Crippen LogP contribution in [0.15, 0.2) is 24.3 Å². The summed E-state index contributed by atoms with van der Waals surface area (Å²) in [6.45, 7) is 6.49. The van der Waals surface area contributed by atoms with Gasteiger partial charge in [-0.15, -0.1) is 0 Å². The topological polar surface area (TPSA) is 95.9 Å². The summed E-state index contributed by atoms with van der Waals surface area (Å²) in [5, 5.41) is 23.8. The molecule has 1 amide bonds. The van der Waals surface area contributed by atoms with E-state index in [1.807, 2.05) is 0 Å².